The molecule has 0 aromatic rings. The summed E-state index contributed by atoms with van der Waals surface area (Å²) < 4.78 is 0. The Balaban J connectivity index is 1.61. The molecule has 1 aliphatic heterocycles. The lowest BCUT2D eigenvalue weighted by atomic mass is 10.2. The molecule has 1 saturated heterocycles. The van der Waals surface area contributed by atoms with Gasteiger partial charge in [0.05, 0.1) is 0 Å². The number of likely N-dealkylation sites (tertiary alicyclic amines) is 1. The molecule has 2 aliphatic rings. The van der Waals surface area contributed by atoms with Crippen LogP contribution in [-0.4, -0.2) is 30.4 Å². The van der Waals surface area contributed by atoms with Gasteiger partial charge in [0.25, 0.3) is 0 Å². The van der Waals surface area contributed by atoms with E-state index in [2.05, 4.69) is 4.90 Å². The fourth-order valence-corrected chi connectivity index (χ4v) is 2.27. The third-order valence-electron chi connectivity index (χ3n) is 3.14. The van der Waals surface area contributed by atoms with Crippen molar-refractivity contribution in [3.05, 3.63) is 0 Å². The van der Waals surface area contributed by atoms with Crippen molar-refractivity contribution in [2.24, 2.45) is 11.8 Å². The van der Waals surface area contributed by atoms with Crippen LogP contribution >= 0.6 is 11.6 Å². The standard InChI is InChI=1S/C10H18ClN/c11-7-10-4-6-12(8-10)5-3-9-1-2-9/h9-10H,1-8H2. The Morgan fingerprint density at radius 2 is 2.00 bits per heavy atom. The highest BCUT2D eigenvalue weighted by Crippen LogP contribution is 2.33. The third-order valence-corrected chi connectivity index (χ3v) is 3.58. The summed E-state index contributed by atoms with van der Waals surface area (Å²) in [6, 6.07) is 0. The van der Waals surface area contributed by atoms with Crippen molar-refractivity contribution >= 4 is 11.6 Å². The van der Waals surface area contributed by atoms with Gasteiger partial charge in [0, 0.05) is 12.4 Å². The van der Waals surface area contributed by atoms with E-state index in [1.807, 2.05) is 0 Å². The lowest BCUT2D eigenvalue weighted by Crippen LogP contribution is -2.22. The first kappa shape index (κ1) is 8.83. The van der Waals surface area contributed by atoms with Crippen LogP contribution in [0.15, 0.2) is 0 Å². The highest BCUT2D eigenvalue weighted by atomic mass is 35.5. The van der Waals surface area contributed by atoms with E-state index < -0.39 is 0 Å². The topological polar surface area (TPSA) is 3.24 Å². The Labute approximate surface area is 80.1 Å². The predicted molar refractivity (Wildman–Crippen MR) is 52.6 cm³/mol. The van der Waals surface area contributed by atoms with E-state index in [4.69, 9.17) is 11.6 Å². The lowest BCUT2D eigenvalue weighted by Gasteiger charge is -2.14. The largest absolute Gasteiger partial charge is 0.303 e. The van der Waals surface area contributed by atoms with Gasteiger partial charge in [-0.15, -0.1) is 11.6 Å². The summed E-state index contributed by atoms with van der Waals surface area (Å²) in [6.07, 6.45) is 5.75. The number of halogens is 1. The van der Waals surface area contributed by atoms with Crippen LogP contribution in [0.3, 0.4) is 0 Å². The van der Waals surface area contributed by atoms with Crippen LogP contribution in [0.2, 0.25) is 0 Å². The number of alkyl halides is 1. The second-order valence-electron chi connectivity index (χ2n) is 4.34. The zero-order valence-electron chi connectivity index (χ0n) is 7.64. The van der Waals surface area contributed by atoms with Crippen LogP contribution < -0.4 is 0 Å². The molecule has 0 aromatic heterocycles. The molecule has 0 amide bonds. The van der Waals surface area contributed by atoms with Crippen LogP contribution in [0.1, 0.15) is 25.7 Å². The summed E-state index contributed by atoms with van der Waals surface area (Å²) in [5.74, 6) is 2.73. The molecular formula is C10H18ClN. The Morgan fingerprint density at radius 3 is 2.58 bits per heavy atom. The van der Waals surface area contributed by atoms with Crippen molar-refractivity contribution in [2.45, 2.75) is 25.7 Å². The minimum Gasteiger partial charge on any atom is -0.303 e. The maximum Gasteiger partial charge on any atom is 0.0264 e. The number of hydrogen-bond donors (Lipinski definition) is 0. The molecule has 1 nitrogen and oxygen atoms in total. The van der Waals surface area contributed by atoms with E-state index in [1.165, 1.54) is 45.3 Å². The van der Waals surface area contributed by atoms with Crippen LogP contribution in [0.25, 0.3) is 0 Å². The zero-order chi connectivity index (χ0) is 8.39. The zero-order valence-corrected chi connectivity index (χ0v) is 8.39. The first-order valence-corrected chi connectivity index (χ1v) is 5.70. The van der Waals surface area contributed by atoms with Crippen LogP contribution in [0.5, 0.6) is 0 Å². The minimum atomic E-state index is 0.783. The second kappa shape index (κ2) is 3.97. The number of rotatable bonds is 4. The fourth-order valence-electron chi connectivity index (χ4n) is 2.01. The van der Waals surface area contributed by atoms with Gasteiger partial charge in [0.15, 0.2) is 0 Å². The van der Waals surface area contributed by atoms with E-state index in [0.717, 1.165) is 17.7 Å². The molecule has 0 radical (unpaired) electrons. The molecule has 12 heavy (non-hydrogen) atoms. The van der Waals surface area contributed by atoms with Crippen molar-refractivity contribution in [1.29, 1.82) is 0 Å². The molecule has 0 aromatic carbocycles. The predicted octanol–water partition coefficient (Wildman–Crippen LogP) is 2.35. The molecule has 1 heterocycles. The molecule has 0 spiro atoms. The Kier molecular flexibility index (Phi) is 2.92. The third kappa shape index (κ3) is 2.37. The summed E-state index contributed by atoms with van der Waals surface area (Å²) in [5.41, 5.74) is 0. The van der Waals surface area contributed by atoms with E-state index in [-0.39, 0.29) is 0 Å². The molecule has 1 aliphatic carbocycles. The summed E-state index contributed by atoms with van der Waals surface area (Å²) in [5, 5.41) is 0. The molecule has 2 fully saturated rings. The van der Waals surface area contributed by atoms with Crippen LogP contribution in [-0.2, 0) is 0 Å². The van der Waals surface area contributed by atoms with Crippen molar-refractivity contribution in [3.63, 3.8) is 0 Å². The number of nitrogens with zero attached hydrogens (tertiary/aromatic N) is 1. The fraction of sp³-hybridized carbons (Fsp3) is 1.00. The quantitative estimate of drug-likeness (QED) is 0.611. The smallest absolute Gasteiger partial charge is 0.0264 e. The minimum absolute atomic E-state index is 0.783. The van der Waals surface area contributed by atoms with Gasteiger partial charge in [-0.05, 0) is 37.8 Å². The SMILES string of the molecule is ClCC1CCN(CCC2CC2)C1. The summed E-state index contributed by atoms with van der Waals surface area (Å²) in [6.45, 7) is 3.89. The molecule has 0 N–H and O–H groups in total. The molecule has 2 rings (SSSR count). The van der Waals surface area contributed by atoms with Gasteiger partial charge >= 0.3 is 0 Å². The molecule has 1 unspecified atom stereocenters. The average Bonchev–Trinajstić information content (AvgIpc) is 2.81. The molecular weight excluding hydrogens is 170 g/mol. The van der Waals surface area contributed by atoms with Crippen LogP contribution in [0, 0.1) is 11.8 Å². The highest BCUT2D eigenvalue weighted by molar-refractivity contribution is 6.18. The first-order valence-electron chi connectivity index (χ1n) is 5.17. The van der Waals surface area contributed by atoms with E-state index in [1.54, 1.807) is 0 Å². The molecule has 1 atom stereocenters. The van der Waals surface area contributed by atoms with Crippen molar-refractivity contribution in [3.8, 4) is 0 Å². The molecule has 0 bridgehead atoms. The lowest BCUT2D eigenvalue weighted by molar-refractivity contribution is 0.316. The Bertz CT molecular complexity index is 145. The molecule has 70 valence electrons. The van der Waals surface area contributed by atoms with Gasteiger partial charge in [-0.3, -0.25) is 0 Å². The van der Waals surface area contributed by atoms with E-state index in [9.17, 15) is 0 Å². The summed E-state index contributed by atoms with van der Waals surface area (Å²) in [4.78, 5) is 2.59. The van der Waals surface area contributed by atoms with E-state index >= 15 is 0 Å². The van der Waals surface area contributed by atoms with Gasteiger partial charge < -0.3 is 4.90 Å². The maximum absolute atomic E-state index is 5.82. The van der Waals surface area contributed by atoms with Gasteiger partial charge in [0.2, 0.25) is 0 Å². The second-order valence-corrected chi connectivity index (χ2v) is 4.65. The average molecular weight is 188 g/mol. The summed E-state index contributed by atoms with van der Waals surface area (Å²) in [7, 11) is 0. The van der Waals surface area contributed by atoms with Gasteiger partial charge in [0.1, 0.15) is 0 Å². The highest BCUT2D eigenvalue weighted by Gasteiger charge is 2.25. The van der Waals surface area contributed by atoms with E-state index in [0.29, 0.717) is 0 Å². The maximum atomic E-state index is 5.82. The number of hydrogen-bond acceptors (Lipinski definition) is 1. The van der Waals surface area contributed by atoms with Gasteiger partial charge in [-0.2, -0.15) is 0 Å². The van der Waals surface area contributed by atoms with Gasteiger partial charge in [-0.1, -0.05) is 12.8 Å². The molecule has 2 heteroatoms. The van der Waals surface area contributed by atoms with Crippen molar-refractivity contribution < 1.29 is 0 Å². The molecule has 1 saturated carbocycles. The van der Waals surface area contributed by atoms with Crippen LogP contribution in [0.4, 0.5) is 0 Å². The first-order chi connectivity index (χ1) is 5.88. The van der Waals surface area contributed by atoms with Crippen molar-refractivity contribution in [1.82, 2.24) is 4.90 Å². The van der Waals surface area contributed by atoms with Gasteiger partial charge in [-0.25, -0.2) is 0 Å². The normalized spacial score (nSPS) is 31.2. The van der Waals surface area contributed by atoms with Crippen molar-refractivity contribution in [2.75, 3.05) is 25.5 Å². The Morgan fingerprint density at radius 1 is 1.17 bits per heavy atom. The monoisotopic (exact) mass is 187 g/mol. The Hall–Kier alpha value is 0.250. The summed E-state index contributed by atoms with van der Waals surface area (Å²) >= 11 is 5.82.